The Morgan fingerprint density at radius 1 is 1.04 bits per heavy atom. The Morgan fingerprint density at radius 3 is 2.48 bits per heavy atom. The molecule has 2 N–H and O–H groups in total. The molecule has 2 aliphatic rings. The van der Waals surface area contributed by atoms with Crippen LogP contribution in [0.4, 0.5) is 10.1 Å². The van der Waals surface area contributed by atoms with E-state index < -0.39 is 0 Å². The van der Waals surface area contributed by atoms with Crippen LogP contribution in [-0.2, 0) is 11.3 Å². The van der Waals surface area contributed by atoms with Gasteiger partial charge in [-0.25, -0.2) is 4.39 Å². The van der Waals surface area contributed by atoms with Gasteiger partial charge in [-0.15, -0.1) is 0 Å². The quantitative estimate of drug-likeness (QED) is 0.815. The molecular formula is C21H22FN3O2. The highest BCUT2D eigenvalue weighted by Crippen LogP contribution is 2.33. The number of rotatable bonds is 1. The van der Waals surface area contributed by atoms with Crippen LogP contribution in [0.5, 0.6) is 0 Å². The van der Waals surface area contributed by atoms with E-state index in [1.54, 1.807) is 4.90 Å². The van der Waals surface area contributed by atoms with Crippen molar-refractivity contribution in [2.45, 2.75) is 31.3 Å². The van der Waals surface area contributed by atoms with Crippen LogP contribution in [0.1, 0.15) is 35.2 Å². The number of amides is 2. The maximum atomic E-state index is 13.1. The molecule has 140 valence electrons. The molecule has 4 rings (SSSR count). The van der Waals surface area contributed by atoms with Crippen molar-refractivity contribution >= 4 is 17.5 Å². The minimum atomic E-state index is -0.361. The number of halogens is 1. The van der Waals surface area contributed by atoms with Crippen molar-refractivity contribution in [1.82, 2.24) is 10.2 Å². The summed E-state index contributed by atoms with van der Waals surface area (Å²) < 4.78 is 13.1. The number of anilines is 1. The highest BCUT2D eigenvalue weighted by atomic mass is 19.1. The van der Waals surface area contributed by atoms with Crippen molar-refractivity contribution < 1.29 is 14.0 Å². The molecule has 0 radical (unpaired) electrons. The van der Waals surface area contributed by atoms with Crippen LogP contribution in [0.2, 0.25) is 0 Å². The van der Waals surface area contributed by atoms with Crippen molar-refractivity contribution in [3.63, 3.8) is 0 Å². The number of carbonyl (C=O) groups is 2. The lowest BCUT2D eigenvalue weighted by Gasteiger charge is -2.44. The molecule has 1 spiro atoms. The van der Waals surface area contributed by atoms with Gasteiger partial charge in [0.1, 0.15) is 5.82 Å². The Hall–Kier alpha value is -2.89. The molecule has 0 atom stereocenters. The average molecular weight is 367 g/mol. The van der Waals surface area contributed by atoms with Crippen molar-refractivity contribution in [3.05, 3.63) is 65.5 Å². The molecule has 1 fully saturated rings. The first-order valence-corrected chi connectivity index (χ1v) is 9.22. The van der Waals surface area contributed by atoms with Crippen LogP contribution in [0.3, 0.4) is 0 Å². The average Bonchev–Trinajstić information content (AvgIpc) is 2.67. The third-order valence-corrected chi connectivity index (χ3v) is 5.49. The van der Waals surface area contributed by atoms with E-state index in [1.807, 2.05) is 24.3 Å². The largest absolute Gasteiger partial charge is 0.379 e. The fourth-order valence-corrected chi connectivity index (χ4v) is 3.90. The molecule has 1 saturated heterocycles. The van der Waals surface area contributed by atoms with Gasteiger partial charge in [0.05, 0.1) is 0 Å². The third kappa shape index (κ3) is 3.65. The summed E-state index contributed by atoms with van der Waals surface area (Å²) >= 11 is 0. The van der Waals surface area contributed by atoms with Crippen LogP contribution in [0, 0.1) is 5.82 Å². The van der Waals surface area contributed by atoms with Gasteiger partial charge in [0.2, 0.25) is 5.91 Å². The molecule has 0 aromatic heterocycles. The van der Waals surface area contributed by atoms with Gasteiger partial charge in [0.25, 0.3) is 5.91 Å². The van der Waals surface area contributed by atoms with Crippen molar-refractivity contribution in [1.29, 1.82) is 0 Å². The second kappa shape index (κ2) is 7.02. The summed E-state index contributed by atoms with van der Waals surface area (Å²) in [7, 11) is 0. The predicted octanol–water partition coefficient (Wildman–Crippen LogP) is 2.93. The molecule has 2 heterocycles. The normalized spacial score (nSPS) is 18.7. The van der Waals surface area contributed by atoms with Crippen molar-refractivity contribution in [2.24, 2.45) is 0 Å². The lowest BCUT2D eigenvalue weighted by atomic mass is 9.82. The smallest absolute Gasteiger partial charge is 0.253 e. The Kier molecular flexibility index (Phi) is 4.56. The minimum absolute atomic E-state index is 0.0234. The van der Waals surface area contributed by atoms with E-state index in [0.717, 1.165) is 11.3 Å². The van der Waals surface area contributed by atoms with Gasteiger partial charge in [-0.05, 0) is 48.7 Å². The van der Waals surface area contributed by atoms with E-state index in [0.29, 0.717) is 44.5 Å². The molecule has 6 heteroatoms. The summed E-state index contributed by atoms with van der Waals surface area (Å²) in [6.07, 6.45) is 1.75. The lowest BCUT2D eigenvalue weighted by molar-refractivity contribution is -0.122. The zero-order valence-corrected chi connectivity index (χ0v) is 15.0. The second-order valence-corrected chi connectivity index (χ2v) is 7.32. The first-order valence-electron chi connectivity index (χ1n) is 9.22. The molecule has 0 bridgehead atoms. The Bertz CT molecular complexity index is 858. The van der Waals surface area contributed by atoms with Gasteiger partial charge in [-0.3, -0.25) is 9.59 Å². The number of para-hydroxylation sites is 1. The van der Waals surface area contributed by atoms with Gasteiger partial charge in [0, 0.05) is 42.8 Å². The number of hydrogen-bond acceptors (Lipinski definition) is 3. The highest BCUT2D eigenvalue weighted by molar-refractivity contribution is 5.94. The number of hydrogen-bond donors (Lipinski definition) is 2. The molecule has 0 saturated carbocycles. The zero-order valence-electron chi connectivity index (χ0n) is 15.0. The topological polar surface area (TPSA) is 61.4 Å². The maximum Gasteiger partial charge on any atom is 0.253 e. The number of nitrogens with zero attached hydrogens (tertiary/aromatic N) is 1. The van der Waals surface area contributed by atoms with E-state index in [9.17, 15) is 14.0 Å². The van der Waals surface area contributed by atoms with E-state index >= 15 is 0 Å². The van der Waals surface area contributed by atoms with Gasteiger partial charge in [0.15, 0.2) is 0 Å². The molecule has 5 nitrogen and oxygen atoms in total. The van der Waals surface area contributed by atoms with Gasteiger partial charge in [-0.2, -0.15) is 0 Å². The number of nitrogens with one attached hydrogen (secondary N) is 2. The predicted molar refractivity (Wildman–Crippen MR) is 101 cm³/mol. The molecule has 2 aromatic carbocycles. The van der Waals surface area contributed by atoms with Crippen LogP contribution in [-0.4, -0.2) is 35.3 Å². The van der Waals surface area contributed by atoms with Crippen molar-refractivity contribution in [2.75, 3.05) is 18.4 Å². The monoisotopic (exact) mass is 367 g/mol. The first kappa shape index (κ1) is 17.5. The molecule has 2 aliphatic heterocycles. The first-order chi connectivity index (χ1) is 13.0. The summed E-state index contributed by atoms with van der Waals surface area (Å²) in [5, 5.41) is 6.59. The molecule has 2 aromatic rings. The van der Waals surface area contributed by atoms with E-state index in [2.05, 4.69) is 10.6 Å². The summed E-state index contributed by atoms with van der Waals surface area (Å²) in [6.45, 7) is 1.63. The second-order valence-electron chi connectivity index (χ2n) is 7.32. The Labute approximate surface area is 157 Å². The van der Waals surface area contributed by atoms with Crippen LogP contribution in [0.25, 0.3) is 0 Å². The molecular weight excluding hydrogens is 345 g/mol. The number of carbonyl (C=O) groups excluding carboxylic acids is 2. The molecule has 27 heavy (non-hydrogen) atoms. The molecule has 2 amide bonds. The third-order valence-electron chi connectivity index (χ3n) is 5.49. The maximum absolute atomic E-state index is 13.1. The van der Waals surface area contributed by atoms with Crippen LogP contribution >= 0.6 is 0 Å². The summed E-state index contributed by atoms with van der Waals surface area (Å²) in [4.78, 5) is 26.8. The van der Waals surface area contributed by atoms with Gasteiger partial charge < -0.3 is 15.5 Å². The van der Waals surface area contributed by atoms with E-state index in [1.165, 1.54) is 24.3 Å². The Balaban J connectivity index is 1.50. The zero-order chi connectivity index (χ0) is 18.9. The summed E-state index contributed by atoms with van der Waals surface area (Å²) in [6, 6.07) is 13.6. The van der Waals surface area contributed by atoms with E-state index in [4.69, 9.17) is 0 Å². The standard InChI is InChI=1S/C21H22FN3O2/c22-17-7-5-15(6-8-17)20(27)25-11-9-21(10-12-25)13-19(26)23-14-16-3-1-2-4-18(16)24-21/h1-8,24H,9-14H2,(H,23,26). The summed E-state index contributed by atoms with van der Waals surface area (Å²) in [5.74, 6) is -0.427. The Morgan fingerprint density at radius 2 is 1.74 bits per heavy atom. The molecule has 0 unspecified atom stereocenters. The van der Waals surface area contributed by atoms with Crippen LogP contribution < -0.4 is 10.6 Å². The fraction of sp³-hybridized carbons (Fsp3) is 0.333. The highest BCUT2D eigenvalue weighted by Gasteiger charge is 2.39. The number of likely N-dealkylation sites (tertiary alicyclic amines) is 1. The minimum Gasteiger partial charge on any atom is -0.379 e. The van der Waals surface area contributed by atoms with Gasteiger partial charge >= 0.3 is 0 Å². The van der Waals surface area contributed by atoms with Crippen LogP contribution in [0.15, 0.2) is 48.5 Å². The lowest BCUT2D eigenvalue weighted by Crippen LogP contribution is -2.53. The SMILES string of the molecule is O=C1CC2(CCN(C(=O)c3ccc(F)cc3)CC2)Nc2ccccc2CN1. The van der Waals surface area contributed by atoms with E-state index in [-0.39, 0.29) is 23.2 Å². The van der Waals surface area contributed by atoms with Gasteiger partial charge in [-0.1, -0.05) is 18.2 Å². The number of piperidine rings is 1. The fourth-order valence-electron chi connectivity index (χ4n) is 3.90. The number of fused-ring (bicyclic) bond motifs is 1. The number of benzene rings is 2. The molecule has 0 aliphatic carbocycles. The summed E-state index contributed by atoms with van der Waals surface area (Å²) in [5.41, 5.74) is 2.23. The van der Waals surface area contributed by atoms with Crippen molar-refractivity contribution in [3.8, 4) is 0 Å².